The van der Waals surface area contributed by atoms with E-state index in [1.165, 1.54) is 22.3 Å². The van der Waals surface area contributed by atoms with Crippen molar-refractivity contribution in [2.45, 2.75) is 25.3 Å². The van der Waals surface area contributed by atoms with E-state index in [9.17, 15) is 9.59 Å². The standard InChI is InChI=1S/C23H26N2O3/c1-14(26)19-10-15-12-21-20(18-5-3-4-17(19)22(15)18)11-16(13-24(21)2)23(27)25-6-8-28-9-7-25/h3-5,10-11,16,19,21H,6-9,12-13H2,1-2H3/t16-,19?,21-/m1/s1. The van der Waals surface area contributed by atoms with Crippen molar-refractivity contribution in [2.24, 2.45) is 5.92 Å². The van der Waals surface area contributed by atoms with Crippen LogP contribution in [-0.4, -0.2) is 67.4 Å². The van der Waals surface area contributed by atoms with Crippen LogP contribution in [0.15, 0.2) is 30.4 Å². The fourth-order valence-electron chi connectivity index (χ4n) is 5.28. The fourth-order valence-corrected chi connectivity index (χ4v) is 5.28. The Balaban J connectivity index is 1.55. The molecule has 5 heteroatoms. The summed E-state index contributed by atoms with van der Waals surface area (Å²) in [6.07, 6.45) is 5.27. The van der Waals surface area contributed by atoms with Gasteiger partial charge in [-0.2, -0.15) is 0 Å². The number of amides is 1. The van der Waals surface area contributed by atoms with Crippen LogP contribution < -0.4 is 0 Å². The maximum atomic E-state index is 13.1. The van der Waals surface area contributed by atoms with Crippen LogP contribution in [0.2, 0.25) is 0 Å². The van der Waals surface area contributed by atoms with Gasteiger partial charge in [0.15, 0.2) is 0 Å². The summed E-state index contributed by atoms with van der Waals surface area (Å²) in [5, 5.41) is 0. The van der Waals surface area contributed by atoms with Crippen LogP contribution in [-0.2, 0) is 14.3 Å². The van der Waals surface area contributed by atoms with Gasteiger partial charge >= 0.3 is 0 Å². The van der Waals surface area contributed by atoms with Gasteiger partial charge in [0.05, 0.1) is 25.0 Å². The zero-order valence-corrected chi connectivity index (χ0v) is 16.5. The van der Waals surface area contributed by atoms with E-state index < -0.39 is 0 Å². The highest BCUT2D eigenvalue weighted by atomic mass is 16.5. The van der Waals surface area contributed by atoms with Crippen molar-refractivity contribution < 1.29 is 14.3 Å². The maximum Gasteiger partial charge on any atom is 0.230 e. The molecule has 1 unspecified atom stereocenters. The smallest absolute Gasteiger partial charge is 0.230 e. The summed E-state index contributed by atoms with van der Waals surface area (Å²) in [6, 6.07) is 6.56. The molecule has 2 aliphatic carbocycles. The van der Waals surface area contributed by atoms with Gasteiger partial charge in [-0.25, -0.2) is 0 Å². The Bertz CT molecular complexity index is 910. The molecule has 1 amide bonds. The van der Waals surface area contributed by atoms with E-state index in [0.717, 1.165) is 18.5 Å². The molecule has 3 atom stereocenters. The first-order valence-electron chi connectivity index (χ1n) is 10.2. The Hall–Kier alpha value is -2.24. The number of morpholine rings is 1. The molecule has 4 aliphatic rings. The second-order valence-corrected chi connectivity index (χ2v) is 8.38. The van der Waals surface area contributed by atoms with Gasteiger partial charge < -0.3 is 9.64 Å². The summed E-state index contributed by atoms with van der Waals surface area (Å²) in [4.78, 5) is 29.5. The number of nitrogens with zero attached hydrogens (tertiary/aromatic N) is 2. The lowest BCUT2D eigenvalue weighted by atomic mass is 9.76. The highest BCUT2D eigenvalue weighted by molar-refractivity contribution is 5.99. The molecule has 0 saturated carbocycles. The average Bonchev–Trinajstić information content (AvgIpc) is 3.09. The van der Waals surface area contributed by atoms with E-state index in [2.05, 4.69) is 42.3 Å². The quantitative estimate of drug-likeness (QED) is 0.793. The van der Waals surface area contributed by atoms with E-state index in [4.69, 9.17) is 4.74 Å². The number of ketones is 1. The van der Waals surface area contributed by atoms with E-state index in [-0.39, 0.29) is 29.6 Å². The number of benzene rings is 1. The highest BCUT2D eigenvalue weighted by Crippen LogP contribution is 2.49. The molecule has 0 spiro atoms. The molecular formula is C23H26N2O3. The van der Waals surface area contributed by atoms with Crippen LogP contribution in [0.5, 0.6) is 0 Å². The molecule has 5 nitrogen and oxygen atoms in total. The second kappa shape index (κ2) is 6.68. The zero-order chi connectivity index (χ0) is 19.4. The third kappa shape index (κ3) is 2.68. The lowest BCUT2D eigenvalue weighted by molar-refractivity contribution is -0.138. The monoisotopic (exact) mass is 378 g/mol. The molecule has 0 N–H and O–H groups in total. The summed E-state index contributed by atoms with van der Waals surface area (Å²) in [5.74, 6) is 0.153. The molecule has 5 rings (SSSR count). The number of likely N-dealkylation sites (N-methyl/N-ethyl adjacent to an activating group) is 1. The number of Topliss-reactive ketones (excluding diaryl/α,β-unsaturated/α-hetero) is 1. The summed E-state index contributed by atoms with van der Waals surface area (Å²) < 4.78 is 5.40. The molecule has 146 valence electrons. The largest absolute Gasteiger partial charge is 0.378 e. The molecule has 1 saturated heterocycles. The third-order valence-corrected chi connectivity index (χ3v) is 6.68. The topological polar surface area (TPSA) is 49.9 Å². The molecule has 2 aliphatic heterocycles. The van der Waals surface area contributed by atoms with E-state index in [0.29, 0.717) is 26.3 Å². The first kappa shape index (κ1) is 17.8. The highest BCUT2D eigenvalue weighted by Gasteiger charge is 2.40. The van der Waals surface area contributed by atoms with Gasteiger partial charge in [0.1, 0.15) is 5.78 Å². The minimum Gasteiger partial charge on any atom is -0.378 e. The number of hydrogen-bond donors (Lipinski definition) is 0. The van der Waals surface area contributed by atoms with E-state index in [1.807, 2.05) is 4.90 Å². The van der Waals surface area contributed by atoms with Crippen molar-refractivity contribution in [3.8, 4) is 0 Å². The molecular weight excluding hydrogens is 352 g/mol. The van der Waals surface area contributed by atoms with E-state index in [1.54, 1.807) is 6.92 Å². The van der Waals surface area contributed by atoms with Crippen LogP contribution >= 0.6 is 0 Å². The molecule has 1 aromatic rings. The summed E-state index contributed by atoms with van der Waals surface area (Å²) in [6.45, 7) is 5.02. The Morgan fingerprint density at radius 3 is 2.68 bits per heavy atom. The Kier molecular flexibility index (Phi) is 4.25. The Morgan fingerprint density at radius 2 is 1.93 bits per heavy atom. The molecule has 28 heavy (non-hydrogen) atoms. The van der Waals surface area contributed by atoms with Gasteiger partial charge in [-0.05, 0) is 48.2 Å². The number of rotatable bonds is 2. The summed E-state index contributed by atoms with van der Waals surface area (Å²) >= 11 is 0. The van der Waals surface area contributed by atoms with Gasteiger partial charge in [0.25, 0.3) is 0 Å². The number of fused-ring (bicyclic) bond motifs is 2. The van der Waals surface area contributed by atoms with Crippen molar-refractivity contribution in [3.05, 3.63) is 47.0 Å². The van der Waals surface area contributed by atoms with Crippen molar-refractivity contribution in [1.82, 2.24) is 9.80 Å². The lowest BCUT2D eigenvalue weighted by Crippen LogP contribution is -2.49. The summed E-state index contributed by atoms with van der Waals surface area (Å²) in [5.41, 5.74) is 6.10. The first-order chi connectivity index (χ1) is 13.5. The van der Waals surface area contributed by atoms with Gasteiger partial charge in [-0.15, -0.1) is 0 Å². The predicted octanol–water partition coefficient (Wildman–Crippen LogP) is 2.33. The number of ether oxygens (including phenoxy) is 1. The van der Waals surface area contributed by atoms with Gasteiger partial charge in [-0.1, -0.05) is 30.4 Å². The number of hydrogen-bond acceptors (Lipinski definition) is 4. The van der Waals surface area contributed by atoms with Crippen LogP contribution in [0.25, 0.3) is 11.1 Å². The fraction of sp³-hybridized carbons (Fsp3) is 0.478. The second-order valence-electron chi connectivity index (χ2n) is 8.38. The molecule has 0 aromatic heterocycles. The lowest BCUT2D eigenvalue weighted by Gasteiger charge is -2.42. The summed E-state index contributed by atoms with van der Waals surface area (Å²) in [7, 11) is 2.12. The van der Waals surface area contributed by atoms with Crippen molar-refractivity contribution in [3.63, 3.8) is 0 Å². The van der Waals surface area contributed by atoms with Gasteiger partial charge in [-0.3, -0.25) is 14.5 Å². The molecule has 1 fully saturated rings. The van der Waals surface area contributed by atoms with Crippen LogP contribution in [0.4, 0.5) is 0 Å². The number of carbonyl (C=O) groups excluding carboxylic acids is 2. The normalized spacial score (nSPS) is 28.9. The van der Waals surface area contributed by atoms with Crippen molar-refractivity contribution >= 4 is 22.8 Å². The van der Waals surface area contributed by atoms with Crippen LogP contribution in [0.1, 0.15) is 36.0 Å². The Morgan fingerprint density at radius 1 is 1.14 bits per heavy atom. The zero-order valence-electron chi connectivity index (χ0n) is 16.5. The third-order valence-electron chi connectivity index (χ3n) is 6.68. The number of carbonyl (C=O) groups is 2. The Labute approximate surface area is 165 Å². The minimum atomic E-state index is -0.124. The predicted molar refractivity (Wildman–Crippen MR) is 108 cm³/mol. The molecule has 0 radical (unpaired) electrons. The van der Waals surface area contributed by atoms with Gasteiger partial charge in [0, 0.05) is 25.7 Å². The van der Waals surface area contributed by atoms with Crippen LogP contribution in [0.3, 0.4) is 0 Å². The first-order valence-corrected chi connectivity index (χ1v) is 10.2. The van der Waals surface area contributed by atoms with E-state index >= 15 is 0 Å². The molecule has 0 bridgehead atoms. The SMILES string of the molecule is CC(=O)C1C=C2C[C@@H]3C(=C[C@@H](C(=O)N4CCOCC4)CN3C)c3cccc1c32. The molecule has 1 aromatic carbocycles. The number of allylic oxidation sites excluding steroid dienone is 1. The minimum absolute atomic E-state index is 0.123. The van der Waals surface area contributed by atoms with Crippen molar-refractivity contribution in [2.75, 3.05) is 39.9 Å². The van der Waals surface area contributed by atoms with Crippen molar-refractivity contribution in [1.29, 1.82) is 0 Å². The maximum absolute atomic E-state index is 13.1. The molecule has 2 heterocycles. The average molecular weight is 378 g/mol. The van der Waals surface area contributed by atoms with Gasteiger partial charge in [0.2, 0.25) is 5.91 Å². The van der Waals surface area contributed by atoms with Crippen LogP contribution in [0, 0.1) is 5.92 Å².